The van der Waals surface area contributed by atoms with Crippen LogP contribution in [0.2, 0.25) is 0 Å². The minimum Gasteiger partial charge on any atom is -0.494 e. The molecular formula is C22H33N4O+. The minimum absolute atomic E-state index is 0.840. The predicted molar refractivity (Wildman–Crippen MR) is 114 cm³/mol. The van der Waals surface area contributed by atoms with Gasteiger partial charge < -0.3 is 15.0 Å². The number of benzene rings is 1. The third kappa shape index (κ3) is 4.35. The van der Waals surface area contributed by atoms with Gasteiger partial charge in [0.05, 0.1) is 20.4 Å². The number of methoxy groups -OCH3 is 1. The monoisotopic (exact) mass is 369 g/mol. The molecule has 5 heteroatoms. The molecule has 2 heterocycles. The molecule has 2 aliphatic heterocycles. The number of aryl methyl sites for hydroxylation is 1. The molecule has 146 valence electrons. The van der Waals surface area contributed by atoms with Crippen LogP contribution in [0.1, 0.15) is 37.3 Å². The van der Waals surface area contributed by atoms with Crippen LogP contribution in [0.4, 0.5) is 11.4 Å². The molecule has 0 bridgehead atoms. The highest BCUT2D eigenvalue weighted by Crippen LogP contribution is 2.45. The maximum Gasteiger partial charge on any atom is 0.149 e. The van der Waals surface area contributed by atoms with Crippen LogP contribution in [-0.2, 0) is 12.8 Å². The van der Waals surface area contributed by atoms with Crippen molar-refractivity contribution in [1.29, 1.82) is 0 Å². The topological polar surface area (TPSA) is 44.7 Å². The molecule has 0 unspecified atom stereocenters. The van der Waals surface area contributed by atoms with Gasteiger partial charge in [0.15, 0.2) is 0 Å². The van der Waals surface area contributed by atoms with Crippen LogP contribution in [0.3, 0.4) is 0 Å². The fraction of sp³-hybridized carbons (Fsp3) is 0.500. The zero-order valence-corrected chi connectivity index (χ0v) is 17.2. The maximum atomic E-state index is 5.88. The highest BCUT2D eigenvalue weighted by Gasteiger charge is 2.29. The number of hydrazone groups is 1. The highest BCUT2D eigenvalue weighted by molar-refractivity contribution is 5.85. The number of hydrogen-bond donors (Lipinski definition) is 1. The van der Waals surface area contributed by atoms with E-state index in [0.29, 0.717) is 0 Å². The van der Waals surface area contributed by atoms with E-state index in [1.807, 2.05) is 36.7 Å². The van der Waals surface area contributed by atoms with Crippen LogP contribution in [0, 0.1) is 0 Å². The normalized spacial score (nSPS) is 16.9. The van der Waals surface area contributed by atoms with Gasteiger partial charge in [-0.1, -0.05) is 12.2 Å². The molecule has 0 saturated carbocycles. The standard InChI is InChI=1S/C22H32N4O/c1-17(10-6-5-7-13-23-2)24-25(3)20-16-18-11-8-14-26-15-9-12-19(21(18)26)22(20)27-4/h5-7,13,16,23H,8-12,14-15H2,1-4H3/p+1/b6-5-,13-7-,24-17+. The summed E-state index contributed by atoms with van der Waals surface area (Å²) in [6.07, 6.45) is 13.8. The van der Waals surface area contributed by atoms with Gasteiger partial charge in [0.1, 0.15) is 11.4 Å². The molecule has 1 aromatic rings. The van der Waals surface area contributed by atoms with Gasteiger partial charge in [-0.05, 0) is 50.3 Å². The van der Waals surface area contributed by atoms with Gasteiger partial charge >= 0.3 is 0 Å². The molecule has 0 atom stereocenters. The number of rotatable bonds is 7. The second-order valence-corrected chi connectivity index (χ2v) is 7.32. The van der Waals surface area contributed by atoms with Gasteiger partial charge in [-0.2, -0.15) is 5.10 Å². The molecule has 0 aliphatic carbocycles. The van der Waals surface area contributed by atoms with Gasteiger partial charge in [0.25, 0.3) is 0 Å². The van der Waals surface area contributed by atoms with Crippen LogP contribution < -0.4 is 20.0 Å². The van der Waals surface area contributed by atoms with Crippen molar-refractivity contribution in [2.24, 2.45) is 5.10 Å². The lowest BCUT2D eigenvalue weighted by Crippen LogP contribution is -2.72. The molecule has 0 fully saturated rings. The van der Waals surface area contributed by atoms with Crippen molar-refractivity contribution in [3.63, 3.8) is 0 Å². The summed E-state index contributed by atoms with van der Waals surface area (Å²) in [7, 11) is 5.83. The summed E-state index contributed by atoms with van der Waals surface area (Å²) in [4.78, 5) is 2.55. The quantitative estimate of drug-likeness (QED) is 0.457. The Balaban J connectivity index is 1.86. The van der Waals surface area contributed by atoms with Crippen molar-refractivity contribution in [3.05, 3.63) is 41.6 Å². The van der Waals surface area contributed by atoms with Crippen LogP contribution >= 0.6 is 0 Å². The summed E-state index contributed by atoms with van der Waals surface area (Å²) in [6, 6.07) is 2.29. The second kappa shape index (κ2) is 9.09. The number of nitrogens with two attached hydrogens (primary N) is 1. The number of anilines is 2. The summed E-state index contributed by atoms with van der Waals surface area (Å²) < 4.78 is 5.88. The first kappa shape index (κ1) is 19.5. The first-order chi connectivity index (χ1) is 13.2. The maximum absolute atomic E-state index is 5.88. The van der Waals surface area contributed by atoms with Gasteiger partial charge in [0, 0.05) is 43.5 Å². The van der Waals surface area contributed by atoms with Crippen molar-refractivity contribution in [3.8, 4) is 5.75 Å². The van der Waals surface area contributed by atoms with Crippen molar-refractivity contribution < 1.29 is 10.1 Å². The summed E-state index contributed by atoms with van der Waals surface area (Å²) in [5.74, 6) is 0.997. The molecule has 27 heavy (non-hydrogen) atoms. The summed E-state index contributed by atoms with van der Waals surface area (Å²) in [5.41, 5.74) is 6.42. The fourth-order valence-corrected chi connectivity index (χ4v) is 4.13. The highest BCUT2D eigenvalue weighted by atomic mass is 16.5. The van der Waals surface area contributed by atoms with Crippen molar-refractivity contribution >= 4 is 17.1 Å². The molecule has 0 aromatic heterocycles. The van der Waals surface area contributed by atoms with E-state index >= 15 is 0 Å². The van der Waals surface area contributed by atoms with Gasteiger partial charge in [-0.15, -0.1) is 0 Å². The minimum atomic E-state index is 0.840. The molecule has 2 aliphatic rings. The summed E-state index contributed by atoms with van der Waals surface area (Å²) >= 11 is 0. The van der Waals surface area contributed by atoms with E-state index in [4.69, 9.17) is 9.84 Å². The van der Waals surface area contributed by atoms with Crippen molar-refractivity contribution in [2.45, 2.75) is 39.0 Å². The smallest absolute Gasteiger partial charge is 0.149 e. The molecule has 5 nitrogen and oxygen atoms in total. The van der Waals surface area contributed by atoms with Gasteiger partial charge in [0.2, 0.25) is 0 Å². The average molecular weight is 370 g/mol. The lowest BCUT2D eigenvalue weighted by atomic mass is 9.90. The zero-order valence-electron chi connectivity index (χ0n) is 17.2. The first-order valence-electron chi connectivity index (χ1n) is 10.0. The lowest BCUT2D eigenvalue weighted by molar-refractivity contribution is -0.556. The first-order valence-corrected chi connectivity index (χ1v) is 10.0. The van der Waals surface area contributed by atoms with Gasteiger partial charge in [-0.25, -0.2) is 0 Å². The molecule has 1 aromatic carbocycles. The summed E-state index contributed by atoms with van der Waals surface area (Å²) in [5, 5.41) is 8.82. The molecule has 2 N–H and O–H groups in total. The van der Waals surface area contributed by atoms with Crippen LogP contribution in [0.25, 0.3) is 0 Å². The van der Waals surface area contributed by atoms with Crippen LogP contribution in [-0.4, -0.2) is 40.0 Å². The van der Waals surface area contributed by atoms with Crippen molar-refractivity contribution in [1.82, 2.24) is 0 Å². The average Bonchev–Trinajstić information content (AvgIpc) is 2.68. The number of allylic oxidation sites excluding steroid dienone is 3. The molecule has 3 rings (SSSR count). The SMILES string of the molecule is C[NH2+]/C=C\C=C/C/C(C)=N/N(C)c1cc2c3c(c1OC)CCCN3CCC2. The van der Waals surface area contributed by atoms with Crippen LogP contribution in [0.15, 0.2) is 35.6 Å². The lowest BCUT2D eigenvalue weighted by Gasteiger charge is -2.38. The van der Waals surface area contributed by atoms with Crippen LogP contribution in [0.5, 0.6) is 5.75 Å². The van der Waals surface area contributed by atoms with E-state index in [-0.39, 0.29) is 0 Å². The molecule has 0 saturated heterocycles. The summed E-state index contributed by atoms with van der Waals surface area (Å²) in [6.45, 7) is 4.42. The molecule has 0 radical (unpaired) electrons. The number of hydrogen-bond acceptors (Lipinski definition) is 4. The van der Waals surface area contributed by atoms with Gasteiger partial charge in [-0.3, -0.25) is 5.01 Å². The second-order valence-electron chi connectivity index (χ2n) is 7.32. The van der Waals surface area contributed by atoms with E-state index in [9.17, 15) is 0 Å². The number of ether oxygens (including phenoxy) is 1. The Kier molecular flexibility index (Phi) is 6.56. The van der Waals surface area contributed by atoms with E-state index in [2.05, 4.69) is 30.0 Å². The number of quaternary nitrogens is 1. The van der Waals surface area contributed by atoms with E-state index < -0.39 is 0 Å². The largest absolute Gasteiger partial charge is 0.494 e. The Bertz CT molecular complexity index is 749. The Hall–Kier alpha value is -2.27. The Morgan fingerprint density at radius 3 is 2.81 bits per heavy atom. The third-order valence-corrected chi connectivity index (χ3v) is 5.29. The molecule has 0 spiro atoms. The Morgan fingerprint density at radius 2 is 2.07 bits per heavy atom. The zero-order chi connectivity index (χ0) is 19.2. The fourth-order valence-electron chi connectivity index (χ4n) is 4.13. The molecular weight excluding hydrogens is 336 g/mol. The van der Waals surface area contributed by atoms with Crippen molar-refractivity contribution in [2.75, 3.05) is 44.2 Å². The Morgan fingerprint density at radius 1 is 1.30 bits per heavy atom. The number of nitrogens with zero attached hydrogens (tertiary/aromatic N) is 3. The van der Waals surface area contributed by atoms with E-state index in [0.717, 1.165) is 36.4 Å². The Labute approximate surface area is 163 Å². The third-order valence-electron chi connectivity index (χ3n) is 5.29. The van der Waals surface area contributed by atoms with E-state index in [1.54, 1.807) is 7.11 Å². The molecule has 0 amide bonds. The predicted octanol–water partition coefficient (Wildman–Crippen LogP) is 2.86. The van der Waals surface area contributed by atoms with E-state index in [1.165, 1.54) is 42.7 Å².